The number of nitrogens with one attached hydrogen (secondary N) is 1. The Hall–Kier alpha value is -1.10. The molecule has 2 saturated heterocycles. The summed E-state index contributed by atoms with van der Waals surface area (Å²) in [6.07, 6.45) is 2.36. The molecule has 0 radical (unpaired) electrons. The van der Waals surface area contributed by atoms with Crippen molar-refractivity contribution < 1.29 is 14.7 Å². The van der Waals surface area contributed by atoms with Gasteiger partial charge in [0, 0.05) is 12.6 Å². The Morgan fingerprint density at radius 1 is 1.33 bits per heavy atom. The first-order valence-corrected chi connectivity index (χ1v) is 5.44. The van der Waals surface area contributed by atoms with Gasteiger partial charge in [0.05, 0.1) is 0 Å². The quantitative estimate of drug-likeness (QED) is 0.615. The van der Waals surface area contributed by atoms with Crippen molar-refractivity contribution in [3.8, 4) is 0 Å². The van der Waals surface area contributed by atoms with Crippen molar-refractivity contribution in [3.05, 3.63) is 0 Å². The minimum atomic E-state index is -0.976. The Kier molecular flexibility index (Phi) is 2.90. The summed E-state index contributed by atoms with van der Waals surface area (Å²) < 4.78 is 0. The molecule has 0 aromatic rings. The molecule has 0 bridgehead atoms. The van der Waals surface area contributed by atoms with Gasteiger partial charge >= 0.3 is 5.97 Å². The smallest absolute Gasteiger partial charge is 0.316 e. The van der Waals surface area contributed by atoms with Gasteiger partial charge in [0.25, 0.3) is 0 Å². The SMILES string of the molecule is O=C(O)C1CCN(C2CCNCC2)C1=O. The molecule has 0 aromatic heterocycles. The van der Waals surface area contributed by atoms with Crippen LogP contribution >= 0.6 is 0 Å². The van der Waals surface area contributed by atoms with Crippen LogP contribution in [0, 0.1) is 5.92 Å². The van der Waals surface area contributed by atoms with Crippen molar-refractivity contribution in [3.63, 3.8) is 0 Å². The Morgan fingerprint density at radius 3 is 2.53 bits per heavy atom. The number of likely N-dealkylation sites (tertiary alicyclic amines) is 1. The third kappa shape index (κ3) is 1.97. The molecule has 5 heteroatoms. The van der Waals surface area contributed by atoms with Crippen LogP contribution in [-0.4, -0.2) is 47.6 Å². The largest absolute Gasteiger partial charge is 0.481 e. The molecular formula is C10H16N2O3. The first-order valence-electron chi connectivity index (χ1n) is 5.44. The van der Waals surface area contributed by atoms with E-state index in [-0.39, 0.29) is 11.9 Å². The molecule has 0 saturated carbocycles. The number of rotatable bonds is 2. The lowest BCUT2D eigenvalue weighted by atomic mass is 10.0. The predicted octanol–water partition coefficient (Wildman–Crippen LogP) is -0.329. The summed E-state index contributed by atoms with van der Waals surface area (Å²) >= 11 is 0. The highest BCUT2D eigenvalue weighted by Crippen LogP contribution is 2.24. The molecule has 1 amide bonds. The molecule has 84 valence electrons. The van der Waals surface area contributed by atoms with Crippen LogP contribution in [0.25, 0.3) is 0 Å². The Morgan fingerprint density at radius 2 is 2.00 bits per heavy atom. The molecule has 2 N–H and O–H groups in total. The molecule has 2 fully saturated rings. The zero-order valence-electron chi connectivity index (χ0n) is 8.61. The molecule has 2 heterocycles. The van der Waals surface area contributed by atoms with Gasteiger partial charge in [0.2, 0.25) is 5.91 Å². The van der Waals surface area contributed by atoms with Crippen molar-refractivity contribution in [1.82, 2.24) is 10.2 Å². The number of carbonyl (C=O) groups excluding carboxylic acids is 1. The molecule has 1 atom stereocenters. The van der Waals surface area contributed by atoms with Gasteiger partial charge in [0.15, 0.2) is 0 Å². The zero-order chi connectivity index (χ0) is 10.8. The zero-order valence-corrected chi connectivity index (χ0v) is 8.61. The molecule has 2 aliphatic rings. The third-order valence-corrected chi connectivity index (χ3v) is 3.29. The van der Waals surface area contributed by atoms with Crippen LogP contribution in [0.3, 0.4) is 0 Å². The second-order valence-corrected chi connectivity index (χ2v) is 4.19. The molecule has 15 heavy (non-hydrogen) atoms. The first kappa shape index (κ1) is 10.4. The van der Waals surface area contributed by atoms with Crippen LogP contribution < -0.4 is 5.32 Å². The van der Waals surface area contributed by atoms with Gasteiger partial charge in [-0.25, -0.2) is 0 Å². The molecule has 5 nitrogen and oxygen atoms in total. The topological polar surface area (TPSA) is 69.6 Å². The molecular weight excluding hydrogens is 196 g/mol. The number of carbonyl (C=O) groups is 2. The van der Waals surface area contributed by atoms with Crippen LogP contribution in [-0.2, 0) is 9.59 Å². The number of hydrogen-bond acceptors (Lipinski definition) is 3. The molecule has 0 spiro atoms. The minimum Gasteiger partial charge on any atom is -0.481 e. The van der Waals surface area contributed by atoms with Gasteiger partial charge < -0.3 is 15.3 Å². The normalized spacial score (nSPS) is 28.4. The van der Waals surface area contributed by atoms with E-state index >= 15 is 0 Å². The van der Waals surface area contributed by atoms with E-state index < -0.39 is 11.9 Å². The molecule has 1 unspecified atom stereocenters. The van der Waals surface area contributed by atoms with E-state index in [1.165, 1.54) is 0 Å². The number of nitrogens with zero attached hydrogens (tertiary/aromatic N) is 1. The van der Waals surface area contributed by atoms with E-state index in [2.05, 4.69) is 5.32 Å². The van der Waals surface area contributed by atoms with Crippen LogP contribution in [0.2, 0.25) is 0 Å². The Balaban J connectivity index is 1.99. The highest BCUT2D eigenvalue weighted by molar-refractivity contribution is 5.98. The van der Waals surface area contributed by atoms with Crippen molar-refractivity contribution in [1.29, 1.82) is 0 Å². The lowest BCUT2D eigenvalue weighted by Gasteiger charge is -2.31. The third-order valence-electron chi connectivity index (χ3n) is 3.29. The fourth-order valence-corrected chi connectivity index (χ4v) is 2.41. The van der Waals surface area contributed by atoms with Gasteiger partial charge in [-0.15, -0.1) is 0 Å². The molecule has 0 aromatic carbocycles. The number of carboxylic acid groups (broad SMARTS) is 1. The maximum Gasteiger partial charge on any atom is 0.316 e. The van der Waals surface area contributed by atoms with E-state index in [0.717, 1.165) is 25.9 Å². The fraction of sp³-hybridized carbons (Fsp3) is 0.800. The monoisotopic (exact) mass is 212 g/mol. The van der Waals surface area contributed by atoms with E-state index in [9.17, 15) is 9.59 Å². The fourth-order valence-electron chi connectivity index (χ4n) is 2.41. The second-order valence-electron chi connectivity index (χ2n) is 4.19. The standard InChI is InChI=1S/C10H16N2O3/c13-9-8(10(14)15)3-6-12(9)7-1-4-11-5-2-7/h7-8,11H,1-6H2,(H,14,15). The average molecular weight is 212 g/mol. The van der Waals surface area contributed by atoms with Crippen LogP contribution in [0.1, 0.15) is 19.3 Å². The van der Waals surface area contributed by atoms with Crippen molar-refractivity contribution in [2.45, 2.75) is 25.3 Å². The summed E-state index contributed by atoms with van der Waals surface area (Å²) in [5, 5.41) is 12.1. The highest BCUT2D eigenvalue weighted by atomic mass is 16.4. The second kappa shape index (κ2) is 4.18. The molecule has 2 rings (SSSR count). The minimum absolute atomic E-state index is 0.186. The van der Waals surface area contributed by atoms with E-state index in [1.807, 2.05) is 0 Å². The lowest BCUT2D eigenvalue weighted by molar-refractivity contribution is -0.148. The van der Waals surface area contributed by atoms with Crippen molar-refractivity contribution in [2.75, 3.05) is 19.6 Å². The number of aliphatic carboxylic acids is 1. The number of hydrogen-bond donors (Lipinski definition) is 2. The predicted molar refractivity (Wildman–Crippen MR) is 53.3 cm³/mol. The van der Waals surface area contributed by atoms with E-state index in [1.54, 1.807) is 4.90 Å². The van der Waals surface area contributed by atoms with Gasteiger partial charge in [-0.05, 0) is 32.4 Å². The Bertz CT molecular complexity index is 274. The van der Waals surface area contributed by atoms with Gasteiger partial charge in [-0.2, -0.15) is 0 Å². The van der Waals surface area contributed by atoms with Crippen LogP contribution in [0.5, 0.6) is 0 Å². The summed E-state index contributed by atoms with van der Waals surface area (Å²) in [5.41, 5.74) is 0. The maximum absolute atomic E-state index is 11.8. The lowest BCUT2D eigenvalue weighted by Crippen LogP contribution is -2.44. The Labute approximate surface area is 88.4 Å². The summed E-state index contributed by atoms with van der Waals surface area (Å²) in [5.74, 6) is -1.95. The summed E-state index contributed by atoms with van der Waals surface area (Å²) in [4.78, 5) is 24.3. The van der Waals surface area contributed by atoms with Gasteiger partial charge in [-0.3, -0.25) is 9.59 Å². The van der Waals surface area contributed by atoms with E-state index in [0.29, 0.717) is 13.0 Å². The molecule has 0 aliphatic carbocycles. The van der Waals surface area contributed by atoms with Crippen molar-refractivity contribution in [2.24, 2.45) is 5.92 Å². The van der Waals surface area contributed by atoms with Gasteiger partial charge in [0.1, 0.15) is 5.92 Å². The van der Waals surface area contributed by atoms with Crippen molar-refractivity contribution >= 4 is 11.9 Å². The maximum atomic E-state index is 11.8. The number of amides is 1. The number of piperidine rings is 1. The van der Waals surface area contributed by atoms with Crippen LogP contribution in [0.15, 0.2) is 0 Å². The van der Waals surface area contributed by atoms with Crippen LogP contribution in [0.4, 0.5) is 0 Å². The highest BCUT2D eigenvalue weighted by Gasteiger charge is 2.40. The molecule has 2 aliphatic heterocycles. The van der Waals surface area contributed by atoms with Gasteiger partial charge in [-0.1, -0.05) is 0 Å². The first-order chi connectivity index (χ1) is 7.20. The summed E-state index contributed by atoms with van der Waals surface area (Å²) in [6, 6.07) is 0.253. The summed E-state index contributed by atoms with van der Waals surface area (Å²) in [7, 11) is 0. The average Bonchev–Trinajstić information content (AvgIpc) is 2.61. The van der Waals surface area contributed by atoms with E-state index in [4.69, 9.17) is 5.11 Å². The summed E-state index contributed by atoms with van der Waals surface area (Å²) in [6.45, 7) is 2.46. The number of carboxylic acids is 1.